The van der Waals surface area contributed by atoms with Gasteiger partial charge in [-0.15, -0.1) is 0 Å². The van der Waals surface area contributed by atoms with E-state index in [4.69, 9.17) is 0 Å². The molecule has 0 unspecified atom stereocenters. The predicted octanol–water partition coefficient (Wildman–Crippen LogP) is 16.6. The van der Waals surface area contributed by atoms with Crippen LogP contribution < -0.4 is 9.80 Å². The smallest absolute Gasteiger partial charge is 0.0462 e. The number of benzene rings is 6. The SMILES string of the molecule is CC(C)c1ccc(N(c2ccc(-c3ccc(N(c4ccc(C(C)C)cc4)c4ccc(C5CCCCC5)cc4)cc3)cc2)c2ccc(C3CCCCC3)cc2)cc1. The molecule has 2 aliphatic carbocycles. The first-order valence-corrected chi connectivity index (χ1v) is 21.6. The van der Waals surface area contributed by atoms with Crippen molar-refractivity contribution in [3.05, 3.63) is 168 Å². The molecule has 2 fully saturated rings. The van der Waals surface area contributed by atoms with Gasteiger partial charge in [0.2, 0.25) is 0 Å². The van der Waals surface area contributed by atoms with E-state index in [1.807, 2.05) is 0 Å². The molecule has 0 saturated heterocycles. The molecule has 0 aromatic heterocycles. The highest BCUT2D eigenvalue weighted by atomic mass is 15.1. The number of hydrogen-bond acceptors (Lipinski definition) is 2. The predicted molar refractivity (Wildman–Crippen MR) is 241 cm³/mol. The molecule has 2 aliphatic rings. The fourth-order valence-corrected chi connectivity index (χ4v) is 9.18. The zero-order valence-corrected chi connectivity index (χ0v) is 34.1. The lowest BCUT2D eigenvalue weighted by Crippen LogP contribution is -2.11. The maximum Gasteiger partial charge on any atom is 0.0462 e. The zero-order chi connectivity index (χ0) is 38.4. The monoisotopic (exact) mass is 736 g/mol. The molecule has 2 heteroatoms. The summed E-state index contributed by atoms with van der Waals surface area (Å²) in [5.41, 5.74) is 15.2. The lowest BCUT2D eigenvalue weighted by molar-refractivity contribution is 0.443. The van der Waals surface area contributed by atoms with Crippen LogP contribution in [-0.4, -0.2) is 0 Å². The maximum atomic E-state index is 2.41. The minimum atomic E-state index is 0.502. The molecule has 0 spiro atoms. The van der Waals surface area contributed by atoms with Crippen molar-refractivity contribution in [2.75, 3.05) is 9.80 Å². The van der Waals surface area contributed by atoms with Gasteiger partial charge in [-0.2, -0.15) is 0 Å². The Balaban J connectivity index is 1.07. The quantitative estimate of drug-likeness (QED) is 0.131. The Morgan fingerprint density at radius 1 is 0.321 bits per heavy atom. The standard InChI is InChI=1S/C54H60N2/c1-39(2)41-15-27-49(28-16-41)55(51-31-19-45(20-32-51)43-11-7-5-8-12-43)53-35-23-47(24-36-53)48-25-37-54(38-26-48)56(50-29-17-42(18-30-50)40(3)4)52-33-21-46(22-34-52)44-13-9-6-10-14-44/h15-40,43-44H,5-14H2,1-4H3. The minimum Gasteiger partial charge on any atom is -0.311 e. The molecule has 0 amide bonds. The Bertz CT molecular complexity index is 1950. The third-order valence-corrected chi connectivity index (χ3v) is 12.7. The van der Waals surface area contributed by atoms with Crippen molar-refractivity contribution in [2.24, 2.45) is 0 Å². The van der Waals surface area contributed by atoms with Crippen LogP contribution >= 0.6 is 0 Å². The molecule has 2 saturated carbocycles. The molecule has 6 aromatic carbocycles. The summed E-state index contributed by atoms with van der Waals surface area (Å²) >= 11 is 0. The second-order valence-corrected chi connectivity index (χ2v) is 17.1. The van der Waals surface area contributed by atoms with Crippen molar-refractivity contribution in [3.8, 4) is 11.1 Å². The number of anilines is 6. The van der Waals surface area contributed by atoms with E-state index in [1.54, 1.807) is 0 Å². The molecule has 0 heterocycles. The Kier molecular flexibility index (Phi) is 11.7. The number of rotatable bonds is 11. The van der Waals surface area contributed by atoms with Gasteiger partial charge in [-0.3, -0.25) is 0 Å². The van der Waals surface area contributed by atoms with Crippen LogP contribution in [0.15, 0.2) is 146 Å². The summed E-state index contributed by atoms with van der Waals surface area (Å²) in [5, 5.41) is 0. The van der Waals surface area contributed by atoms with Gasteiger partial charge < -0.3 is 9.80 Å². The van der Waals surface area contributed by atoms with Crippen LogP contribution in [0, 0.1) is 0 Å². The third-order valence-electron chi connectivity index (χ3n) is 12.7. The molecule has 8 rings (SSSR count). The molecule has 0 atom stereocenters. The topological polar surface area (TPSA) is 6.48 Å². The van der Waals surface area contributed by atoms with Crippen LogP contribution in [0.4, 0.5) is 34.1 Å². The maximum absolute atomic E-state index is 2.41. The average Bonchev–Trinajstić information content (AvgIpc) is 3.26. The summed E-state index contributed by atoms with van der Waals surface area (Å²) in [6.07, 6.45) is 13.5. The van der Waals surface area contributed by atoms with Gasteiger partial charge >= 0.3 is 0 Å². The van der Waals surface area contributed by atoms with Crippen molar-refractivity contribution >= 4 is 34.1 Å². The van der Waals surface area contributed by atoms with Crippen LogP contribution in [0.1, 0.15) is 138 Å². The van der Waals surface area contributed by atoms with Gasteiger partial charge in [0.15, 0.2) is 0 Å². The van der Waals surface area contributed by atoms with Gasteiger partial charge in [-0.25, -0.2) is 0 Å². The van der Waals surface area contributed by atoms with Gasteiger partial charge in [-0.1, -0.05) is 139 Å². The molecule has 0 N–H and O–H groups in total. The fraction of sp³-hybridized carbons (Fsp3) is 0.333. The second kappa shape index (κ2) is 17.4. The summed E-state index contributed by atoms with van der Waals surface area (Å²) in [4.78, 5) is 4.81. The van der Waals surface area contributed by atoms with E-state index < -0.39 is 0 Å². The molecule has 2 nitrogen and oxygen atoms in total. The van der Waals surface area contributed by atoms with E-state index in [2.05, 4.69) is 183 Å². The average molecular weight is 737 g/mol. The van der Waals surface area contributed by atoms with E-state index in [1.165, 1.54) is 132 Å². The number of hydrogen-bond donors (Lipinski definition) is 0. The van der Waals surface area contributed by atoms with Crippen LogP contribution in [0.2, 0.25) is 0 Å². The van der Waals surface area contributed by atoms with Gasteiger partial charge in [-0.05, 0) is 156 Å². The van der Waals surface area contributed by atoms with Gasteiger partial charge in [0, 0.05) is 34.1 Å². The Labute approximate surface area is 337 Å². The van der Waals surface area contributed by atoms with Crippen molar-refractivity contribution < 1.29 is 0 Å². The molecule has 0 bridgehead atoms. The summed E-state index contributed by atoms with van der Waals surface area (Å²) in [7, 11) is 0. The van der Waals surface area contributed by atoms with Crippen LogP contribution in [-0.2, 0) is 0 Å². The summed E-state index contributed by atoms with van der Waals surface area (Å²) in [6, 6.07) is 55.4. The van der Waals surface area contributed by atoms with E-state index in [0.717, 1.165) is 0 Å². The van der Waals surface area contributed by atoms with Crippen LogP contribution in [0.25, 0.3) is 11.1 Å². The molecule has 6 aromatic rings. The van der Waals surface area contributed by atoms with Crippen molar-refractivity contribution in [3.63, 3.8) is 0 Å². The van der Waals surface area contributed by atoms with Crippen molar-refractivity contribution in [1.29, 1.82) is 0 Å². The van der Waals surface area contributed by atoms with Gasteiger partial charge in [0.05, 0.1) is 0 Å². The largest absolute Gasteiger partial charge is 0.311 e. The van der Waals surface area contributed by atoms with Crippen LogP contribution in [0.3, 0.4) is 0 Å². The lowest BCUT2D eigenvalue weighted by atomic mass is 9.84. The summed E-state index contributed by atoms with van der Waals surface area (Å²) in [6.45, 7) is 9.05. The molecule has 0 radical (unpaired) electrons. The van der Waals surface area contributed by atoms with E-state index in [-0.39, 0.29) is 0 Å². The lowest BCUT2D eigenvalue weighted by Gasteiger charge is -2.28. The van der Waals surface area contributed by atoms with Gasteiger partial charge in [0.1, 0.15) is 0 Å². The van der Waals surface area contributed by atoms with E-state index >= 15 is 0 Å². The highest BCUT2D eigenvalue weighted by Crippen LogP contribution is 2.41. The Morgan fingerprint density at radius 2 is 0.571 bits per heavy atom. The van der Waals surface area contributed by atoms with E-state index in [0.29, 0.717) is 23.7 Å². The third kappa shape index (κ3) is 8.51. The Hall–Kier alpha value is -5.08. The van der Waals surface area contributed by atoms with Gasteiger partial charge in [0.25, 0.3) is 0 Å². The van der Waals surface area contributed by atoms with Crippen molar-refractivity contribution in [1.82, 2.24) is 0 Å². The minimum absolute atomic E-state index is 0.502. The Morgan fingerprint density at radius 3 is 0.839 bits per heavy atom. The fourth-order valence-electron chi connectivity index (χ4n) is 9.18. The zero-order valence-electron chi connectivity index (χ0n) is 34.1. The normalized spacial score (nSPS) is 15.3. The van der Waals surface area contributed by atoms with Crippen molar-refractivity contribution in [2.45, 2.75) is 116 Å². The summed E-state index contributed by atoms with van der Waals surface area (Å²) in [5.74, 6) is 2.41. The first-order chi connectivity index (χ1) is 27.4. The first kappa shape index (κ1) is 37.8. The molecule has 286 valence electrons. The summed E-state index contributed by atoms with van der Waals surface area (Å²) < 4.78 is 0. The molecular weight excluding hydrogens is 677 g/mol. The van der Waals surface area contributed by atoms with E-state index in [9.17, 15) is 0 Å². The highest BCUT2D eigenvalue weighted by Gasteiger charge is 2.20. The second-order valence-electron chi connectivity index (χ2n) is 17.1. The first-order valence-electron chi connectivity index (χ1n) is 21.6. The van der Waals surface area contributed by atoms with Crippen LogP contribution in [0.5, 0.6) is 0 Å². The molecular formula is C54H60N2. The highest BCUT2D eigenvalue weighted by molar-refractivity contribution is 5.81. The molecule has 0 aliphatic heterocycles. The number of nitrogens with zero attached hydrogens (tertiary/aromatic N) is 2. The molecule has 56 heavy (non-hydrogen) atoms.